The van der Waals surface area contributed by atoms with Crippen LogP contribution in [-0.2, 0) is 0 Å². The predicted octanol–water partition coefficient (Wildman–Crippen LogP) is 1.02. The summed E-state index contributed by atoms with van der Waals surface area (Å²) in [5.74, 6) is 0. The molecule has 0 saturated heterocycles. The first-order valence-electron chi connectivity index (χ1n) is 3.03. The molecular weight excluding hydrogens is 168 g/mol. The number of halogens is 1. The zero-order valence-corrected chi connectivity index (χ0v) is 6.92. The molecule has 1 aromatic heterocycles. The molecule has 4 nitrogen and oxygen atoms in total. The van der Waals surface area contributed by atoms with Crippen LogP contribution >= 0.6 is 11.6 Å². The van der Waals surface area contributed by atoms with Gasteiger partial charge in [-0.25, -0.2) is 0 Å². The second-order valence-corrected chi connectivity index (χ2v) is 2.67. The summed E-state index contributed by atoms with van der Waals surface area (Å²) in [5, 5.41) is 11.2. The van der Waals surface area contributed by atoms with Gasteiger partial charge in [-0.1, -0.05) is 11.6 Å². The highest BCUT2D eigenvalue weighted by Crippen LogP contribution is 2.10. The maximum Gasteiger partial charge on any atom is 0.284 e. The normalized spacial score (nSPS) is 10.1. The zero-order chi connectivity index (χ0) is 8.59. The lowest BCUT2D eigenvalue weighted by molar-refractivity contribution is -0.594. The fraction of sp³-hybridized carbons (Fsp3) is 0.333. The monoisotopic (exact) mass is 174 g/mol. The molecule has 0 aliphatic heterocycles. The van der Waals surface area contributed by atoms with Crippen LogP contribution in [0, 0.1) is 24.0 Å². The highest BCUT2D eigenvalue weighted by Gasteiger charge is 2.10. The molecule has 0 amide bonds. The SMILES string of the molecule is Cc1cc(Cl)c(C)[n+](=O)n1[O-]. The molecule has 60 valence electrons. The van der Waals surface area contributed by atoms with Crippen LogP contribution in [0.15, 0.2) is 6.07 Å². The summed E-state index contributed by atoms with van der Waals surface area (Å²) in [6, 6.07) is 1.46. The number of rotatable bonds is 0. The molecule has 0 fully saturated rings. The smallest absolute Gasteiger partial charge is 0.284 e. The summed E-state index contributed by atoms with van der Waals surface area (Å²) in [5.41, 5.74) is 0.503. The van der Waals surface area contributed by atoms with E-state index in [4.69, 9.17) is 11.6 Å². The van der Waals surface area contributed by atoms with Gasteiger partial charge in [-0.2, -0.15) is 0 Å². The van der Waals surface area contributed by atoms with Crippen LogP contribution in [0.25, 0.3) is 0 Å². The number of hydrogen-bond acceptors (Lipinski definition) is 2. The van der Waals surface area contributed by atoms with E-state index < -0.39 is 0 Å². The van der Waals surface area contributed by atoms with Crippen molar-refractivity contribution in [3.05, 3.63) is 32.6 Å². The van der Waals surface area contributed by atoms with Crippen LogP contribution in [0.5, 0.6) is 0 Å². The first-order valence-corrected chi connectivity index (χ1v) is 3.41. The average Bonchev–Trinajstić information content (AvgIpc) is 1.97. The molecule has 1 rings (SSSR count). The van der Waals surface area contributed by atoms with Crippen LogP contribution in [0.2, 0.25) is 5.02 Å². The van der Waals surface area contributed by atoms with Gasteiger partial charge in [0.2, 0.25) is 0 Å². The quantitative estimate of drug-likeness (QED) is 0.552. The summed E-state index contributed by atoms with van der Waals surface area (Å²) in [6.45, 7) is 3.01. The first-order chi connectivity index (χ1) is 5.04. The molecule has 11 heavy (non-hydrogen) atoms. The Morgan fingerprint density at radius 2 is 2.18 bits per heavy atom. The van der Waals surface area contributed by atoms with Gasteiger partial charge < -0.3 is 5.21 Å². The van der Waals surface area contributed by atoms with Gasteiger partial charge in [-0.15, -0.1) is 4.85 Å². The Labute approximate surface area is 68.2 Å². The van der Waals surface area contributed by atoms with Crippen molar-refractivity contribution in [3.63, 3.8) is 0 Å². The lowest BCUT2D eigenvalue weighted by Gasteiger charge is -2.03. The van der Waals surface area contributed by atoms with E-state index in [1.165, 1.54) is 19.9 Å². The van der Waals surface area contributed by atoms with Crippen LogP contribution in [0.3, 0.4) is 0 Å². The summed E-state index contributed by atoms with van der Waals surface area (Å²) in [7, 11) is 0. The van der Waals surface area contributed by atoms with Crippen molar-refractivity contribution in [1.82, 2.24) is 4.85 Å². The highest BCUT2D eigenvalue weighted by atomic mass is 35.5. The zero-order valence-electron chi connectivity index (χ0n) is 6.17. The predicted molar refractivity (Wildman–Crippen MR) is 41.0 cm³/mol. The van der Waals surface area contributed by atoms with Crippen molar-refractivity contribution in [2.24, 2.45) is 0 Å². The lowest BCUT2D eigenvalue weighted by atomic mass is 10.4. The second-order valence-electron chi connectivity index (χ2n) is 2.26. The molecular formula is C6H7ClN2O2. The standard InChI is InChI=1S/C6H7ClN2O2/c1-4-3-6(7)5(2)9(11)8(4)10/h3H,1-2H3. The molecule has 0 unspecified atom stereocenters. The first kappa shape index (κ1) is 8.07. The van der Waals surface area contributed by atoms with E-state index in [0.29, 0.717) is 5.02 Å². The Morgan fingerprint density at radius 3 is 2.73 bits per heavy atom. The molecule has 0 aromatic carbocycles. The third-order valence-electron chi connectivity index (χ3n) is 1.43. The van der Waals surface area contributed by atoms with E-state index in [1.54, 1.807) is 0 Å². The molecule has 0 saturated carbocycles. The van der Waals surface area contributed by atoms with Crippen LogP contribution in [-0.4, -0.2) is 4.85 Å². The lowest BCUT2D eigenvalue weighted by Crippen LogP contribution is -2.32. The summed E-state index contributed by atoms with van der Waals surface area (Å²) < 4.78 is 0.220. The van der Waals surface area contributed by atoms with Gasteiger partial charge in [0.15, 0.2) is 4.54 Å². The molecule has 0 N–H and O–H groups in total. The maximum absolute atomic E-state index is 10.9. The highest BCUT2D eigenvalue weighted by molar-refractivity contribution is 6.31. The van der Waals surface area contributed by atoms with E-state index in [-0.39, 0.29) is 20.8 Å². The van der Waals surface area contributed by atoms with Crippen molar-refractivity contribution < 1.29 is 4.54 Å². The number of aromatic nitrogens is 2. The Bertz CT molecular complexity index is 316. The van der Waals surface area contributed by atoms with Crippen LogP contribution < -0.4 is 4.54 Å². The molecule has 1 aromatic rings. The van der Waals surface area contributed by atoms with E-state index in [1.807, 2.05) is 0 Å². The van der Waals surface area contributed by atoms with Gasteiger partial charge in [0, 0.05) is 6.92 Å². The minimum Gasteiger partial charge on any atom is -0.755 e. The van der Waals surface area contributed by atoms with E-state index >= 15 is 0 Å². The van der Waals surface area contributed by atoms with Crippen molar-refractivity contribution in [1.29, 1.82) is 0 Å². The topological polar surface area (TPSA) is 51.0 Å². The second kappa shape index (κ2) is 2.54. The molecule has 0 aliphatic rings. The van der Waals surface area contributed by atoms with Gasteiger partial charge in [0.05, 0.1) is 10.6 Å². The van der Waals surface area contributed by atoms with Crippen molar-refractivity contribution in [2.45, 2.75) is 13.8 Å². The van der Waals surface area contributed by atoms with Crippen molar-refractivity contribution in [3.8, 4) is 0 Å². The van der Waals surface area contributed by atoms with Crippen LogP contribution in [0.4, 0.5) is 0 Å². The third-order valence-corrected chi connectivity index (χ3v) is 1.82. The minimum absolute atomic E-state index is 0.215. The van der Waals surface area contributed by atoms with E-state index in [2.05, 4.69) is 0 Å². The maximum atomic E-state index is 10.9. The molecule has 5 heteroatoms. The third kappa shape index (κ3) is 1.21. The Hall–Kier alpha value is -1.03. The summed E-state index contributed by atoms with van der Waals surface area (Å²) in [6.07, 6.45) is 0. The van der Waals surface area contributed by atoms with E-state index in [9.17, 15) is 10.1 Å². The van der Waals surface area contributed by atoms with Gasteiger partial charge in [0.25, 0.3) is 5.69 Å². The average molecular weight is 175 g/mol. The molecule has 0 bridgehead atoms. The number of nitrogens with zero attached hydrogens (tertiary/aromatic N) is 2. The van der Waals surface area contributed by atoms with Gasteiger partial charge in [-0.3, -0.25) is 0 Å². The largest absolute Gasteiger partial charge is 0.755 e. The fourth-order valence-electron chi connectivity index (χ4n) is 0.714. The fourth-order valence-corrected chi connectivity index (χ4v) is 0.944. The minimum atomic E-state index is 0.215. The van der Waals surface area contributed by atoms with E-state index in [0.717, 1.165) is 0 Å². The van der Waals surface area contributed by atoms with Gasteiger partial charge >= 0.3 is 0 Å². The van der Waals surface area contributed by atoms with Crippen molar-refractivity contribution in [2.75, 3.05) is 0 Å². The summed E-state index contributed by atoms with van der Waals surface area (Å²) in [4.78, 5) is 11.1. The molecule has 1 heterocycles. The molecule has 0 radical (unpaired) electrons. The molecule has 0 atom stereocenters. The summed E-state index contributed by atoms with van der Waals surface area (Å²) >= 11 is 5.62. The van der Waals surface area contributed by atoms with Gasteiger partial charge in [-0.05, 0) is 13.0 Å². The van der Waals surface area contributed by atoms with Crippen LogP contribution in [0.1, 0.15) is 11.4 Å². The Kier molecular flexibility index (Phi) is 1.87. The molecule has 0 spiro atoms. The van der Waals surface area contributed by atoms with Crippen molar-refractivity contribution >= 4 is 11.6 Å². The Morgan fingerprint density at radius 1 is 1.64 bits per heavy atom. The van der Waals surface area contributed by atoms with Gasteiger partial charge in [0.1, 0.15) is 5.02 Å². The number of hydrogen-bond donors (Lipinski definition) is 0. The molecule has 0 aliphatic carbocycles. The Balaban J connectivity index is 3.59. The number of aryl methyl sites for hydroxylation is 1.